The topological polar surface area (TPSA) is 30.8 Å². The summed E-state index contributed by atoms with van der Waals surface area (Å²) in [5.74, 6) is 1.49. The standard InChI is InChI=1S/C26H24NO2P/c1-27-30(2,28-25-17-13-23(14-18-25)21-9-5-3-6-10-21)29-26-19-15-24(16-20-26)22-11-7-4-8-12-22/h3-20H,1-2H3. The van der Waals surface area contributed by atoms with Gasteiger partial charge in [-0.1, -0.05) is 84.9 Å². The maximum atomic E-state index is 6.18. The van der Waals surface area contributed by atoms with E-state index in [4.69, 9.17) is 9.05 Å². The van der Waals surface area contributed by atoms with E-state index in [-0.39, 0.29) is 0 Å². The Labute approximate surface area is 178 Å². The van der Waals surface area contributed by atoms with Crippen LogP contribution in [-0.2, 0) is 0 Å². The van der Waals surface area contributed by atoms with Crippen molar-refractivity contribution >= 4 is 7.51 Å². The lowest BCUT2D eigenvalue weighted by Gasteiger charge is -2.21. The summed E-state index contributed by atoms with van der Waals surface area (Å²) in [5, 5.41) is 0. The number of benzene rings is 4. The van der Waals surface area contributed by atoms with Crippen LogP contribution in [-0.4, -0.2) is 13.7 Å². The first-order valence-electron chi connectivity index (χ1n) is 9.83. The average Bonchev–Trinajstić information content (AvgIpc) is 2.81. The summed E-state index contributed by atoms with van der Waals surface area (Å²) in [6.45, 7) is 1.92. The fraction of sp³-hybridized carbons (Fsp3) is 0.0769. The molecule has 4 aromatic carbocycles. The van der Waals surface area contributed by atoms with Crippen LogP contribution in [0.15, 0.2) is 114 Å². The van der Waals surface area contributed by atoms with Gasteiger partial charge in [0, 0.05) is 13.7 Å². The quantitative estimate of drug-likeness (QED) is 0.302. The molecule has 0 N–H and O–H groups in total. The third-order valence-electron chi connectivity index (χ3n) is 4.84. The lowest BCUT2D eigenvalue weighted by Crippen LogP contribution is -2.00. The van der Waals surface area contributed by atoms with Crippen LogP contribution in [0.1, 0.15) is 0 Å². The molecule has 0 aromatic heterocycles. The molecule has 30 heavy (non-hydrogen) atoms. The molecule has 0 aliphatic rings. The highest BCUT2D eigenvalue weighted by molar-refractivity contribution is 7.56. The fourth-order valence-electron chi connectivity index (χ4n) is 3.17. The minimum atomic E-state index is -2.44. The first-order valence-corrected chi connectivity index (χ1v) is 11.9. The second-order valence-electron chi connectivity index (χ2n) is 6.97. The third kappa shape index (κ3) is 4.82. The van der Waals surface area contributed by atoms with Crippen LogP contribution in [0.3, 0.4) is 0 Å². The van der Waals surface area contributed by atoms with E-state index < -0.39 is 7.51 Å². The number of hydrogen-bond acceptors (Lipinski definition) is 3. The van der Waals surface area contributed by atoms with Crippen molar-refractivity contribution in [3.05, 3.63) is 109 Å². The largest absolute Gasteiger partial charge is 0.430 e. The number of nitrogens with zero attached hydrogens (tertiary/aromatic N) is 1. The van der Waals surface area contributed by atoms with Gasteiger partial charge in [0.2, 0.25) is 0 Å². The van der Waals surface area contributed by atoms with Gasteiger partial charge in [0.25, 0.3) is 0 Å². The zero-order valence-corrected chi connectivity index (χ0v) is 18.0. The zero-order chi connectivity index (χ0) is 20.8. The van der Waals surface area contributed by atoms with Crippen LogP contribution < -0.4 is 9.05 Å². The van der Waals surface area contributed by atoms with Crippen molar-refractivity contribution in [1.82, 2.24) is 0 Å². The average molecular weight is 413 g/mol. The van der Waals surface area contributed by atoms with Crippen molar-refractivity contribution in [2.24, 2.45) is 4.74 Å². The minimum absolute atomic E-state index is 0.747. The van der Waals surface area contributed by atoms with Crippen LogP contribution in [0.5, 0.6) is 11.5 Å². The molecule has 0 heterocycles. The first-order chi connectivity index (χ1) is 14.6. The Bertz CT molecular complexity index is 1050. The molecular weight excluding hydrogens is 389 g/mol. The van der Waals surface area contributed by atoms with Crippen molar-refractivity contribution < 1.29 is 9.05 Å². The number of hydrogen-bond donors (Lipinski definition) is 0. The van der Waals surface area contributed by atoms with Crippen molar-refractivity contribution in [2.75, 3.05) is 13.7 Å². The maximum absolute atomic E-state index is 6.18. The highest BCUT2D eigenvalue weighted by atomic mass is 31.2. The molecule has 0 amide bonds. The molecule has 4 rings (SSSR count). The molecule has 0 radical (unpaired) electrons. The van der Waals surface area contributed by atoms with Gasteiger partial charge in [0.1, 0.15) is 11.5 Å². The molecule has 150 valence electrons. The Hall–Kier alpha value is -3.29. The Balaban J connectivity index is 1.47. The predicted octanol–water partition coefficient (Wildman–Crippen LogP) is 7.77. The highest BCUT2D eigenvalue weighted by Crippen LogP contribution is 2.48. The van der Waals surface area contributed by atoms with Gasteiger partial charge >= 0.3 is 7.51 Å². The van der Waals surface area contributed by atoms with Gasteiger partial charge in [-0.15, -0.1) is 0 Å². The fourth-order valence-corrected chi connectivity index (χ4v) is 4.40. The molecule has 3 nitrogen and oxygen atoms in total. The van der Waals surface area contributed by atoms with Crippen molar-refractivity contribution in [3.63, 3.8) is 0 Å². The van der Waals surface area contributed by atoms with Crippen molar-refractivity contribution in [1.29, 1.82) is 0 Å². The summed E-state index contributed by atoms with van der Waals surface area (Å²) < 4.78 is 16.8. The molecule has 0 aliphatic heterocycles. The Morgan fingerprint density at radius 1 is 0.500 bits per heavy atom. The normalized spacial score (nSPS) is 11.0. The van der Waals surface area contributed by atoms with Crippen LogP contribution in [0, 0.1) is 0 Å². The third-order valence-corrected chi connectivity index (χ3v) is 6.66. The van der Waals surface area contributed by atoms with Gasteiger partial charge in [0.05, 0.1) is 0 Å². The SMILES string of the molecule is CN=P(C)(Oc1ccc(-c2ccccc2)cc1)Oc1ccc(-c2ccccc2)cc1. The summed E-state index contributed by atoms with van der Waals surface area (Å²) >= 11 is 0. The molecular formula is C26H24NO2P. The van der Waals surface area contributed by atoms with Gasteiger partial charge in [0.15, 0.2) is 0 Å². The summed E-state index contributed by atoms with van der Waals surface area (Å²) in [6.07, 6.45) is 0. The Kier molecular flexibility index (Phi) is 6.02. The van der Waals surface area contributed by atoms with E-state index in [1.165, 1.54) is 11.1 Å². The van der Waals surface area contributed by atoms with E-state index in [1.54, 1.807) is 7.05 Å². The molecule has 0 saturated carbocycles. The summed E-state index contributed by atoms with van der Waals surface area (Å²) in [4.78, 5) is 0. The van der Waals surface area contributed by atoms with E-state index in [0.29, 0.717) is 0 Å². The van der Waals surface area contributed by atoms with Crippen LogP contribution >= 0.6 is 7.51 Å². The van der Waals surface area contributed by atoms with E-state index in [9.17, 15) is 0 Å². The molecule has 0 saturated heterocycles. The Morgan fingerprint density at radius 2 is 0.833 bits per heavy atom. The molecule has 0 unspecified atom stereocenters. The number of rotatable bonds is 6. The van der Waals surface area contributed by atoms with Gasteiger partial charge in [-0.3, -0.25) is 0 Å². The summed E-state index contributed by atoms with van der Waals surface area (Å²) in [7, 11) is -0.703. The van der Waals surface area contributed by atoms with Crippen molar-refractivity contribution in [2.45, 2.75) is 0 Å². The second-order valence-corrected chi connectivity index (χ2v) is 9.34. The second kappa shape index (κ2) is 9.02. The first kappa shape index (κ1) is 20.0. The minimum Gasteiger partial charge on any atom is -0.430 e. The van der Waals surface area contributed by atoms with E-state index in [2.05, 4.69) is 53.3 Å². The van der Waals surface area contributed by atoms with Crippen LogP contribution in [0.25, 0.3) is 22.3 Å². The van der Waals surface area contributed by atoms with Gasteiger partial charge in [-0.05, 0) is 46.5 Å². The molecule has 4 heteroatoms. The molecule has 0 aliphatic carbocycles. The predicted molar refractivity (Wildman–Crippen MR) is 126 cm³/mol. The Morgan fingerprint density at radius 3 is 1.17 bits per heavy atom. The zero-order valence-electron chi connectivity index (χ0n) is 17.1. The summed E-state index contributed by atoms with van der Waals surface area (Å²) in [6, 6.07) is 36.6. The van der Waals surface area contributed by atoms with Gasteiger partial charge < -0.3 is 9.05 Å². The lowest BCUT2D eigenvalue weighted by atomic mass is 10.1. The molecule has 4 aromatic rings. The molecule has 0 atom stereocenters. The lowest BCUT2D eigenvalue weighted by molar-refractivity contribution is 0.481. The van der Waals surface area contributed by atoms with Gasteiger partial charge in [-0.25, -0.2) is 4.74 Å². The van der Waals surface area contributed by atoms with Crippen molar-refractivity contribution in [3.8, 4) is 33.8 Å². The maximum Gasteiger partial charge on any atom is 0.310 e. The van der Waals surface area contributed by atoms with E-state index >= 15 is 0 Å². The summed E-state index contributed by atoms with van der Waals surface area (Å²) in [5.41, 5.74) is 4.65. The van der Waals surface area contributed by atoms with E-state index in [1.807, 2.05) is 67.3 Å². The molecule has 0 bridgehead atoms. The molecule has 0 spiro atoms. The highest BCUT2D eigenvalue weighted by Gasteiger charge is 2.17. The van der Waals surface area contributed by atoms with Crippen LogP contribution in [0.4, 0.5) is 0 Å². The monoisotopic (exact) mass is 413 g/mol. The van der Waals surface area contributed by atoms with Gasteiger partial charge in [-0.2, -0.15) is 0 Å². The smallest absolute Gasteiger partial charge is 0.310 e. The molecule has 0 fully saturated rings. The van der Waals surface area contributed by atoms with Crippen LogP contribution in [0.2, 0.25) is 0 Å². The van der Waals surface area contributed by atoms with E-state index in [0.717, 1.165) is 22.6 Å².